The number of halogens is 1. The normalized spacial score (nSPS) is 35.9. The molecule has 2 aliphatic heterocycles. The van der Waals surface area contributed by atoms with Crippen LogP contribution in [0.2, 0.25) is 0 Å². The van der Waals surface area contributed by atoms with Crippen LogP contribution in [0, 0.1) is 5.92 Å². The molecule has 4 atom stereocenters. The van der Waals surface area contributed by atoms with Gasteiger partial charge >= 0.3 is 5.97 Å². The van der Waals surface area contributed by atoms with Crippen LogP contribution in [0.1, 0.15) is 29.9 Å². The number of carbonyl (C=O) groups is 1. The lowest BCUT2D eigenvalue weighted by Gasteiger charge is -2.48. The number of rotatable bonds is 1. The van der Waals surface area contributed by atoms with Crippen LogP contribution >= 0.6 is 15.9 Å². The number of piperidine rings is 1. The summed E-state index contributed by atoms with van der Waals surface area (Å²) in [6.45, 7) is 0.767. The summed E-state index contributed by atoms with van der Waals surface area (Å²) in [5.41, 5.74) is 3.70. The molecule has 1 aliphatic carbocycles. The van der Waals surface area contributed by atoms with Gasteiger partial charge in [-0.3, -0.25) is 9.79 Å². The zero-order chi connectivity index (χ0) is 15.5. The highest BCUT2D eigenvalue weighted by Crippen LogP contribution is 2.56. The third-order valence-electron chi connectivity index (χ3n) is 5.42. The number of esters is 1. The van der Waals surface area contributed by atoms with Crippen molar-refractivity contribution in [1.29, 1.82) is 0 Å². The van der Waals surface area contributed by atoms with Gasteiger partial charge in [-0.25, -0.2) is 0 Å². The maximum atomic E-state index is 12.0. The van der Waals surface area contributed by atoms with E-state index in [4.69, 9.17) is 4.74 Å². The van der Waals surface area contributed by atoms with Crippen LogP contribution in [0.4, 0.5) is 5.69 Å². The van der Waals surface area contributed by atoms with Gasteiger partial charge in [-0.1, -0.05) is 28.1 Å². The van der Waals surface area contributed by atoms with Gasteiger partial charge in [-0.05, 0) is 31.5 Å². The molecule has 22 heavy (non-hydrogen) atoms. The number of carbonyl (C=O) groups excluding carboxylic acids is 1. The van der Waals surface area contributed by atoms with Gasteiger partial charge in [0, 0.05) is 30.3 Å². The molecule has 0 saturated carbocycles. The Bertz CT molecular complexity index is 675. The van der Waals surface area contributed by atoms with Gasteiger partial charge < -0.3 is 9.64 Å². The number of hydrogen-bond donors (Lipinski definition) is 0. The number of likely N-dealkylation sites (N-methyl/N-ethyl adjacent to an activating group) is 1. The van der Waals surface area contributed by atoms with Crippen molar-refractivity contribution in [1.82, 2.24) is 4.90 Å². The smallest absolute Gasteiger partial charge is 0.309 e. The molecule has 1 fully saturated rings. The number of hydrogen-bond acceptors (Lipinski definition) is 4. The minimum atomic E-state index is -0.146. The van der Waals surface area contributed by atoms with Gasteiger partial charge in [0.05, 0.1) is 23.0 Å². The minimum Gasteiger partial charge on any atom is -0.469 e. The van der Waals surface area contributed by atoms with E-state index < -0.39 is 0 Å². The highest BCUT2D eigenvalue weighted by Gasteiger charge is 2.50. The number of aliphatic imine (C=N–C) groups is 1. The molecule has 0 bridgehead atoms. The lowest BCUT2D eigenvalue weighted by atomic mass is 9.68. The Morgan fingerprint density at radius 1 is 1.50 bits per heavy atom. The van der Waals surface area contributed by atoms with E-state index in [1.54, 1.807) is 0 Å². The summed E-state index contributed by atoms with van der Waals surface area (Å²) in [5, 5.41) is 0. The molecule has 4 nitrogen and oxygen atoms in total. The monoisotopic (exact) mass is 362 g/mol. The van der Waals surface area contributed by atoms with Crippen LogP contribution in [0.15, 0.2) is 23.2 Å². The second-order valence-electron chi connectivity index (χ2n) is 6.64. The molecule has 0 N–H and O–H groups in total. The van der Waals surface area contributed by atoms with Gasteiger partial charge in [-0.2, -0.15) is 0 Å². The van der Waals surface area contributed by atoms with Crippen molar-refractivity contribution in [2.24, 2.45) is 10.9 Å². The molecule has 3 aliphatic rings. The summed E-state index contributed by atoms with van der Waals surface area (Å²) in [6.07, 6.45) is 3.90. The Labute approximate surface area is 138 Å². The summed E-state index contributed by atoms with van der Waals surface area (Å²) in [7, 11) is 3.59. The van der Waals surface area contributed by atoms with Gasteiger partial charge in [0.25, 0.3) is 0 Å². The summed E-state index contributed by atoms with van der Waals surface area (Å²) >= 11 is 3.93. The lowest BCUT2D eigenvalue weighted by molar-refractivity contribution is -0.148. The summed E-state index contributed by atoms with van der Waals surface area (Å²) in [5.74, 6) is 0.229. The Morgan fingerprint density at radius 3 is 3.09 bits per heavy atom. The maximum Gasteiger partial charge on any atom is 0.309 e. The standard InChI is InChI=1S/C17H19BrN2O2/c1-20-8-10(16(21)22-2)6-12-11-4-3-5-13-15(11)17(18,9-19-13)7-14(12)20/h3-5,9-10,12,14H,6-8H2,1-2H3/t10-,12-,14-,17?/m1/s1. The first-order valence-electron chi connectivity index (χ1n) is 7.69. The summed E-state index contributed by atoms with van der Waals surface area (Å²) in [6, 6.07) is 6.78. The molecule has 1 aromatic carbocycles. The zero-order valence-electron chi connectivity index (χ0n) is 12.8. The van der Waals surface area contributed by atoms with Crippen LogP contribution in [-0.2, 0) is 13.9 Å². The number of nitrogens with zero attached hydrogens (tertiary/aromatic N) is 2. The average Bonchev–Trinajstić information content (AvgIpc) is 2.86. The summed E-state index contributed by atoms with van der Waals surface area (Å²) in [4.78, 5) is 18.9. The minimum absolute atomic E-state index is 0.0442. The van der Waals surface area contributed by atoms with Crippen molar-refractivity contribution >= 4 is 33.8 Å². The van der Waals surface area contributed by atoms with Crippen LogP contribution in [0.3, 0.4) is 0 Å². The van der Waals surface area contributed by atoms with Crippen molar-refractivity contribution in [2.45, 2.75) is 29.1 Å². The number of fused-ring (bicyclic) bond motifs is 2. The third kappa shape index (κ3) is 1.91. The van der Waals surface area contributed by atoms with E-state index in [0.29, 0.717) is 12.0 Å². The van der Waals surface area contributed by atoms with Crippen molar-refractivity contribution < 1.29 is 9.53 Å². The molecule has 1 saturated heterocycles. The van der Waals surface area contributed by atoms with Crippen molar-refractivity contribution in [3.63, 3.8) is 0 Å². The molecule has 0 amide bonds. The number of benzene rings is 1. The fraction of sp³-hybridized carbons (Fsp3) is 0.529. The molecule has 5 heteroatoms. The fourth-order valence-electron chi connectivity index (χ4n) is 4.42. The molecule has 4 rings (SSSR count). The van der Waals surface area contributed by atoms with E-state index in [1.807, 2.05) is 6.21 Å². The van der Waals surface area contributed by atoms with Crippen LogP contribution in [0.25, 0.3) is 0 Å². The topological polar surface area (TPSA) is 41.9 Å². The van der Waals surface area contributed by atoms with E-state index in [0.717, 1.165) is 25.1 Å². The van der Waals surface area contributed by atoms with Crippen LogP contribution < -0.4 is 0 Å². The van der Waals surface area contributed by atoms with E-state index in [-0.39, 0.29) is 16.2 Å². The van der Waals surface area contributed by atoms with E-state index in [2.05, 4.69) is 51.1 Å². The molecular weight excluding hydrogens is 344 g/mol. The lowest BCUT2D eigenvalue weighted by Crippen LogP contribution is -2.52. The maximum absolute atomic E-state index is 12.0. The fourth-order valence-corrected chi connectivity index (χ4v) is 5.29. The molecular formula is C17H19BrN2O2. The first-order valence-corrected chi connectivity index (χ1v) is 8.48. The van der Waals surface area contributed by atoms with E-state index in [1.165, 1.54) is 18.2 Å². The highest BCUT2D eigenvalue weighted by atomic mass is 79.9. The second-order valence-corrected chi connectivity index (χ2v) is 8.05. The highest BCUT2D eigenvalue weighted by molar-refractivity contribution is 9.10. The van der Waals surface area contributed by atoms with Crippen molar-refractivity contribution in [3.05, 3.63) is 29.3 Å². The van der Waals surface area contributed by atoms with Gasteiger partial charge in [-0.15, -0.1) is 0 Å². The van der Waals surface area contributed by atoms with E-state index >= 15 is 0 Å². The zero-order valence-corrected chi connectivity index (χ0v) is 14.3. The molecule has 0 spiro atoms. The number of ether oxygens (including phenoxy) is 1. The predicted molar refractivity (Wildman–Crippen MR) is 89.1 cm³/mol. The van der Waals surface area contributed by atoms with Crippen LogP contribution in [-0.4, -0.2) is 43.8 Å². The Morgan fingerprint density at radius 2 is 2.32 bits per heavy atom. The van der Waals surface area contributed by atoms with Crippen molar-refractivity contribution in [2.75, 3.05) is 20.7 Å². The number of alkyl halides is 1. The van der Waals surface area contributed by atoms with Crippen molar-refractivity contribution in [3.8, 4) is 0 Å². The van der Waals surface area contributed by atoms with Gasteiger partial charge in [0.1, 0.15) is 0 Å². The Hall–Kier alpha value is -1.20. The molecule has 1 unspecified atom stereocenters. The average molecular weight is 363 g/mol. The second kappa shape index (κ2) is 4.90. The predicted octanol–water partition coefficient (Wildman–Crippen LogP) is 2.97. The quantitative estimate of drug-likeness (QED) is 0.569. The molecule has 1 aromatic rings. The largest absolute Gasteiger partial charge is 0.469 e. The molecule has 0 aromatic heterocycles. The van der Waals surface area contributed by atoms with Gasteiger partial charge in [0.15, 0.2) is 0 Å². The van der Waals surface area contributed by atoms with Gasteiger partial charge in [0.2, 0.25) is 0 Å². The summed E-state index contributed by atoms with van der Waals surface area (Å²) < 4.78 is 4.84. The Balaban J connectivity index is 1.79. The Kier molecular flexibility index (Phi) is 3.20. The molecule has 0 radical (unpaired) electrons. The molecule has 2 heterocycles. The first kappa shape index (κ1) is 14.4. The number of likely N-dealkylation sites (tertiary alicyclic amines) is 1. The third-order valence-corrected chi connectivity index (χ3v) is 6.34. The van der Waals surface area contributed by atoms with Crippen LogP contribution in [0.5, 0.6) is 0 Å². The van der Waals surface area contributed by atoms with E-state index in [9.17, 15) is 4.79 Å². The number of methoxy groups -OCH3 is 1. The first-order chi connectivity index (χ1) is 10.5. The SMILES string of the molecule is COC(=O)[C@@H]1C[C@@H]2c3cccc4c3C(Br)(C=N4)C[C@H]2N(C)C1. The molecule has 116 valence electrons.